The number of hydrogen-bond acceptors (Lipinski definition) is 2. The van der Waals surface area contributed by atoms with Gasteiger partial charge in [0.1, 0.15) is 0 Å². The van der Waals surface area contributed by atoms with Crippen LogP contribution in [0.1, 0.15) is 27.7 Å². The summed E-state index contributed by atoms with van der Waals surface area (Å²) in [4.78, 5) is 0. The van der Waals surface area contributed by atoms with E-state index in [1.165, 1.54) is 0 Å². The molecule has 0 radical (unpaired) electrons. The molecular formula is C10H22N2. The third-order valence-electron chi connectivity index (χ3n) is 2.81. The second kappa shape index (κ2) is 4.24. The largest absolute Gasteiger partial charge is 0.311 e. The third-order valence-corrected chi connectivity index (χ3v) is 2.81. The average Bonchev–Trinajstić information content (AvgIpc) is 2.04. The van der Waals surface area contributed by atoms with Gasteiger partial charge in [-0.2, -0.15) is 0 Å². The van der Waals surface area contributed by atoms with Crippen LogP contribution in [0.3, 0.4) is 0 Å². The van der Waals surface area contributed by atoms with E-state index in [2.05, 4.69) is 38.3 Å². The van der Waals surface area contributed by atoms with Crippen molar-refractivity contribution in [2.45, 2.75) is 39.8 Å². The molecular weight excluding hydrogens is 148 g/mol. The smallest absolute Gasteiger partial charge is 0.0216 e. The van der Waals surface area contributed by atoms with E-state index in [0.29, 0.717) is 12.1 Å². The van der Waals surface area contributed by atoms with E-state index in [9.17, 15) is 0 Å². The molecule has 0 spiro atoms. The van der Waals surface area contributed by atoms with Crippen molar-refractivity contribution in [2.24, 2.45) is 11.8 Å². The quantitative estimate of drug-likeness (QED) is 0.651. The van der Waals surface area contributed by atoms with Crippen LogP contribution in [0.4, 0.5) is 0 Å². The van der Waals surface area contributed by atoms with Crippen molar-refractivity contribution in [1.82, 2.24) is 10.6 Å². The van der Waals surface area contributed by atoms with E-state index >= 15 is 0 Å². The summed E-state index contributed by atoms with van der Waals surface area (Å²) in [6.07, 6.45) is 0. The standard InChI is InChI=1S/C10H22N2/c1-7(2)9-5-12-10(6-11-9)8(3)4/h7-12H,5-6H2,1-4H3/t9-,10-/m0/s1. The Balaban J connectivity index is 2.30. The van der Waals surface area contributed by atoms with Gasteiger partial charge in [0, 0.05) is 25.2 Å². The molecule has 1 saturated heterocycles. The predicted octanol–water partition coefficient (Wildman–Crippen LogP) is 1.23. The molecule has 2 N–H and O–H groups in total. The highest BCUT2D eigenvalue weighted by atomic mass is 15.1. The molecule has 0 aromatic rings. The van der Waals surface area contributed by atoms with Gasteiger partial charge in [-0.3, -0.25) is 0 Å². The summed E-state index contributed by atoms with van der Waals surface area (Å²) in [6.45, 7) is 11.3. The zero-order chi connectivity index (χ0) is 9.14. The number of nitrogens with one attached hydrogen (secondary N) is 2. The monoisotopic (exact) mass is 170 g/mol. The van der Waals surface area contributed by atoms with Crippen LogP contribution in [-0.4, -0.2) is 25.2 Å². The van der Waals surface area contributed by atoms with Crippen LogP contribution in [0.15, 0.2) is 0 Å². The van der Waals surface area contributed by atoms with E-state index in [1.54, 1.807) is 0 Å². The summed E-state index contributed by atoms with van der Waals surface area (Å²) in [5, 5.41) is 7.17. The Labute approximate surface area is 76.1 Å². The lowest BCUT2D eigenvalue weighted by atomic mass is 9.97. The lowest BCUT2D eigenvalue weighted by Gasteiger charge is -2.35. The number of hydrogen-bond donors (Lipinski definition) is 2. The molecule has 0 saturated carbocycles. The molecule has 1 fully saturated rings. The van der Waals surface area contributed by atoms with Crippen molar-refractivity contribution in [1.29, 1.82) is 0 Å². The lowest BCUT2D eigenvalue weighted by Crippen LogP contribution is -2.57. The average molecular weight is 170 g/mol. The molecule has 2 heteroatoms. The normalized spacial score (nSPS) is 31.5. The summed E-state index contributed by atoms with van der Waals surface area (Å²) >= 11 is 0. The van der Waals surface area contributed by atoms with Crippen molar-refractivity contribution < 1.29 is 0 Å². The van der Waals surface area contributed by atoms with E-state index in [4.69, 9.17) is 0 Å². The Hall–Kier alpha value is -0.0800. The molecule has 2 atom stereocenters. The Kier molecular flexibility index (Phi) is 3.53. The Morgan fingerprint density at radius 3 is 1.33 bits per heavy atom. The first-order chi connectivity index (χ1) is 5.61. The molecule has 0 amide bonds. The van der Waals surface area contributed by atoms with Gasteiger partial charge < -0.3 is 10.6 Å². The van der Waals surface area contributed by atoms with Gasteiger partial charge in [0.15, 0.2) is 0 Å². The maximum atomic E-state index is 3.59. The van der Waals surface area contributed by atoms with Gasteiger partial charge in [0.05, 0.1) is 0 Å². The van der Waals surface area contributed by atoms with Crippen LogP contribution in [0.5, 0.6) is 0 Å². The van der Waals surface area contributed by atoms with E-state index in [1.807, 2.05) is 0 Å². The fourth-order valence-electron chi connectivity index (χ4n) is 1.64. The highest BCUT2D eigenvalue weighted by Gasteiger charge is 2.23. The van der Waals surface area contributed by atoms with E-state index in [0.717, 1.165) is 24.9 Å². The van der Waals surface area contributed by atoms with Crippen LogP contribution < -0.4 is 10.6 Å². The van der Waals surface area contributed by atoms with E-state index in [-0.39, 0.29) is 0 Å². The Morgan fingerprint density at radius 1 is 0.833 bits per heavy atom. The summed E-state index contributed by atoms with van der Waals surface area (Å²) in [5.74, 6) is 1.48. The SMILES string of the molecule is CC(C)[C@@H]1CN[C@H](C(C)C)CN1. The molecule has 0 aromatic carbocycles. The van der Waals surface area contributed by atoms with Crippen LogP contribution in [0.2, 0.25) is 0 Å². The maximum absolute atomic E-state index is 3.59. The summed E-state index contributed by atoms with van der Waals surface area (Å²) in [6, 6.07) is 1.33. The first-order valence-corrected chi connectivity index (χ1v) is 5.08. The highest BCUT2D eigenvalue weighted by molar-refractivity contribution is 4.85. The molecule has 1 aliphatic rings. The second-order valence-electron chi connectivity index (χ2n) is 4.52. The first-order valence-electron chi connectivity index (χ1n) is 5.08. The van der Waals surface area contributed by atoms with Gasteiger partial charge in [-0.15, -0.1) is 0 Å². The molecule has 0 unspecified atom stereocenters. The van der Waals surface area contributed by atoms with Crippen LogP contribution in [0, 0.1) is 11.8 Å². The maximum Gasteiger partial charge on any atom is 0.0216 e. The van der Waals surface area contributed by atoms with Gasteiger partial charge in [-0.1, -0.05) is 27.7 Å². The molecule has 1 rings (SSSR count). The van der Waals surface area contributed by atoms with Gasteiger partial charge in [-0.25, -0.2) is 0 Å². The lowest BCUT2D eigenvalue weighted by molar-refractivity contribution is 0.259. The molecule has 0 aromatic heterocycles. The number of piperazine rings is 1. The van der Waals surface area contributed by atoms with Crippen LogP contribution >= 0.6 is 0 Å². The van der Waals surface area contributed by atoms with Crippen molar-refractivity contribution >= 4 is 0 Å². The molecule has 2 nitrogen and oxygen atoms in total. The minimum atomic E-state index is 0.667. The number of rotatable bonds is 2. The van der Waals surface area contributed by atoms with E-state index < -0.39 is 0 Å². The van der Waals surface area contributed by atoms with Crippen molar-refractivity contribution in [3.8, 4) is 0 Å². The highest BCUT2D eigenvalue weighted by Crippen LogP contribution is 2.08. The molecule has 1 heterocycles. The third kappa shape index (κ3) is 2.46. The minimum absolute atomic E-state index is 0.667. The van der Waals surface area contributed by atoms with Crippen molar-refractivity contribution in [3.63, 3.8) is 0 Å². The van der Waals surface area contributed by atoms with Gasteiger partial charge >= 0.3 is 0 Å². The zero-order valence-corrected chi connectivity index (χ0v) is 8.72. The Bertz CT molecular complexity index is 108. The van der Waals surface area contributed by atoms with Gasteiger partial charge in [0.2, 0.25) is 0 Å². The molecule has 0 aliphatic carbocycles. The fraction of sp³-hybridized carbons (Fsp3) is 1.00. The molecule has 72 valence electrons. The zero-order valence-electron chi connectivity index (χ0n) is 8.72. The first kappa shape index (κ1) is 10.0. The summed E-state index contributed by atoms with van der Waals surface area (Å²) < 4.78 is 0. The van der Waals surface area contributed by atoms with Crippen molar-refractivity contribution in [3.05, 3.63) is 0 Å². The predicted molar refractivity (Wildman–Crippen MR) is 53.3 cm³/mol. The van der Waals surface area contributed by atoms with Gasteiger partial charge in [-0.05, 0) is 11.8 Å². The molecule has 0 bridgehead atoms. The summed E-state index contributed by atoms with van der Waals surface area (Å²) in [7, 11) is 0. The molecule has 1 aliphatic heterocycles. The van der Waals surface area contributed by atoms with Crippen molar-refractivity contribution in [2.75, 3.05) is 13.1 Å². The molecule has 12 heavy (non-hydrogen) atoms. The summed E-state index contributed by atoms with van der Waals surface area (Å²) in [5.41, 5.74) is 0. The topological polar surface area (TPSA) is 24.1 Å². The van der Waals surface area contributed by atoms with Gasteiger partial charge in [0.25, 0.3) is 0 Å². The van der Waals surface area contributed by atoms with Crippen LogP contribution in [-0.2, 0) is 0 Å². The second-order valence-corrected chi connectivity index (χ2v) is 4.52. The van der Waals surface area contributed by atoms with Crippen LogP contribution in [0.25, 0.3) is 0 Å². The fourth-order valence-corrected chi connectivity index (χ4v) is 1.64. The Morgan fingerprint density at radius 2 is 1.17 bits per heavy atom. The minimum Gasteiger partial charge on any atom is -0.311 e.